The highest BCUT2D eigenvalue weighted by atomic mass is 32.2. The normalized spacial score (nSPS) is 10.8. The molecule has 0 spiro atoms. The van der Waals surface area contributed by atoms with Crippen molar-refractivity contribution in [3.8, 4) is 6.07 Å². The lowest BCUT2D eigenvalue weighted by molar-refractivity contribution is -0.387. The number of nitro groups is 1. The number of aromatic nitrogens is 1. The van der Waals surface area contributed by atoms with E-state index in [4.69, 9.17) is 9.84 Å². The lowest BCUT2D eigenvalue weighted by atomic mass is 10.1. The fourth-order valence-corrected chi connectivity index (χ4v) is 3.18. The highest BCUT2D eigenvalue weighted by Gasteiger charge is 2.15. The summed E-state index contributed by atoms with van der Waals surface area (Å²) in [5.74, 6) is 0.658. The monoisotopic (exact) mass is 401 g/mol. The van der Waals surface area contributed by atoms with E-state index in [0.717, 1.165) is 0 Å². The number of nitrogens with zero attached hydrogens (tertiary/aromatic N) is 4. The van der Waals surface area contributed by atoms with Crippen LogP contribution in [0.4, 0.5) is 11.5 Å². The van der Waals surface area contributed by atoms with Crippen LogP contribution in [0.25, 0.3) is 0 Å². The second-order valence-electron chi connectivity index (χ2n) is 5.62. The Bertz CT molecular complexity index is 927. The van der Waals surface area contributed by atoms with Crippen LogP contribution in [-0.4, -0.2) is 40.7 Å². The molecule has 0 aliphatic rings. The molecule has 0 fully saturated rings. The molecule has 9 nitrogen and oxygen atoms in total. The predicted octanol–water partition coefficient (Wildman–Crippen LogP) is 2.85. The molecule has 146 valence electrons. The maximum atomic E-state index is 11.3. The summed E-state index contributed by atoms with van der Waals surface area (Å²) in [5.41, 5.74) is 4.89. The summed E-state index contributed by atoms with van der Waals surface area (Å²) in [6.45, 7) is 2.00. The zero-order valence-electron chi connectivity index (χ0n) is 15.4. The van der Waals surface area contributed by atoms with Crippen molar-refractivity contribution >= 4 is 29.5 Å². The zero-order chi connectivity index (χ0) is 20.5. The van der Waals surface area contributed by atoms with E-state index in [2.05, 4.69) is 21.6 Å². The molecule has 0 atom stereocenters. The molecule has 0 aliphatic heterocycles. The largest absolute Gasteiger partial charge is 0.396 e. The van der Waals surface area contributed by atoms with Crippen molar-refractivity contribution in [2.45, 2.75) is 18.4 Å². The highest BCUT2D eigenvalue weighted by molar-refractivity contribution is 7.99. The van der Waals surface area contributed by atoms with Crippen LogP contribution in [0.3, 0.4) is 0 Å². The van der Waals surface area contributed by atoms with Crippen molar-refractivity contribution in [3.63, 3.8) is 0 Å². The van der Waals surface area contributed by atoms with Gasteiger partial charge in [-0.25, -0.2) is 4.98 Å². The summed E-state index contributed by atoms with van der Waals surface area (Å²) >= 11 is 1.21. The number of rotatable bonds is 9. The molecule has 2 N–H and O–H groups in total. The number of thioether (sulfide) groups is 1. The molecule has 1 heterocycles. The number of hydrazone groups is 1. The maximum Gasteiger partial charge on any atom is 0.283 e. The van der Waals surface area contributed by atoms with Crippen LogP contribution in [0.5, 0.6) is 0 Å². The zero-order valence-corrected chi connectivity index (χ0v) is 16.2. The summed E-state index contributed by atoms with van der Waals surface area (Å²) in [5, 5.41) is 33.6. The molecule has 2 rings (SSSR count). The number of nitriles is 1. The van der Waals surface area contributed by atoms with Gasteiger partial charge in [0.1, 0.15) is 11.6 Å². The molecule has 28 heavy (non-hydrogen) atoms. The maximum absolute atomic E-state index is 11.3. The van der Waals surface area contributed by atoms with Crippen molar-refractivity contribution in [1.29, 1.82) is 5.26 Å². The van der Waals surface area contributed by atoms with Gasteiger partial charge in [0, 0.05) is 35.7 Å². The lowest BCUT2D eigenvalue weighted by Gasteiger charge is -2.09. The van der Waals surface area contributed by atoms with Gasteiger partial charge >= 0.3 is 0 Å². The molecule has 10 heteroatoms. The molecule has 1 aromatic heterocycles. The molecule has 0 radical (unpaired) electrons. The number of benzene rings is 1. The van der Waals surface area contributed by atoms with Crippen molar-refractivity contribution in [2.75, 3.05) is 24.9 Å². The van der Waals surface area contributed by atoms with Crippen LogP contribution in [-0.2, 0) is 11.3 Å². The first-order valence-corrected chi connectivity index (χ1v) is 9.19. The average molecular weight is 401 g/mol. The summed E-state index contributed by atoms with van der Waals surface area (Å²) in [4.78, 5) is 15.5. The first-order valence-electron chi connectivity index (χ1n) is 8.20. The molecular weight excluding hydrogens is 382 g/mol. The molecule has 2 aromatic rings. The van der Waals surface area contributed by atoms with E-state index in [1.54, 1.807) is 25.1 Å². The van der Waals surface area contributed by atoms with Gasteiger partial charge in [0.25, 0.3) is 5.69 Å². The summed E-state index contributed by atoms with van der Waals surface area (Å²) in [6, 6.07) is 8.55. The Hall–Kier alpha value is -3.00. The van der Waals surface area contributed by atoms with Gasteiger partial charge in [-0.15, -0.1) is 11.8 Å². The van der Waals surface area contributed by atoms with E-state index in [-0.39, 0.29) is 24.7 Å². The smallest absolute Gasteiger partial charge is 0.283 e. The predicted molar refractivity (Wildman–Crippen MR) is 107 cm³/mol. The van der Waals surface area contributed by atoms with E-state index < -0.39 is 4.92 Å². The van der Waals surface area contributed by atoms with Crippen LogP contribution in [0.2, 0.25) is 0 Å². The van der Waals surface area contributed by atoms with Crippen molar-refractivity contribution in [2.24, 2.45) is 5.10 Å². The second-order valence-corrected chi connectivity index (χ2v) is 6.75. The first kappa shape index (κ1) is 21.3. The number of aliphatic hydroxyl groups is 1. The van der Waals surface area contributed by atoms with Gasteiger partial charge in [-0.1, -0.05) is 6.07 Å². The SMILES string of the molecule is COCc1cc(C)nc(N/N=C\c2ccc(SCCO)c([N+](=O)[O-])c2)c1C#N. The summed E-state index contributed by atoms with van der Waals surface area (Å²) in [6.07, 6.45) is 1.41. The summed E-state index contributed by atoms with van der Waals surface area (Å²) in [7, 11) is 1.54. The van der Waals surface area contributed by atoms with Gasteiger partial charge in [0.2, 0.25) is 0 Å². The van der Waals surface area contributed by atoms with Crippen molar-refractivity contribution in [1.82, 2.24) is 4.98 Å². The minimum absolute atomic E-state index is 0.0591. The lowest BCUT2D eigenvalue weighted by Crippen LogP contribution is -2.03. The number of aliphatic hydroxyl groups excluding tert-OH is 1. The fourth-order valence-electron chi connectivity index (χ4n) is 2.42. The number of nitro benzene ring substituents is 1. The third-order valence-corrected chi connectivity index (χ3v) is 4.60. The summed E-state index contributed by atoms with van der Waals surface area (Å²) < 4.78 is 5.10. The molecule has 0 saturated carbocycles. The van der Waals surface area contributed by atoms with E-state index >= 15 is 0 Å². The number of methoxy groups -OCH3 is 1. The third-order valence-electron chi connectivity index (χ3n) is 3.55. The van der Waals surface area contributed by atoms with Gasteiger partial charge in [0.05, 0.1) is 29.2 Å². The van der Waals surface area contributed by atoms with E-state index in [9.17, 15) is 15.4 Å². The standard InChI is InChI=1S/C18H19N5O4S/c1-12-7-14(11-27-2)15(9-19)18(21-12)22-20-10-13-3-4-17(28-6-5-24)16(8-13)23(25)26/h3-4,7-8,10,24H,5-6,11H2,1-2H3,(H,21,22)/b20-10-. The Morgan fingerprint density at radius 2 is 2.29 bits per heavy atom. The molecule has 0 amide bonds. The Labute approximate surface area is 166 Å². The van der Waals surface area contributed by atoms with Gasteiger partial charge in [-0.3, -0.25) is 15.5 Å². The number of nitrogens with one attached hydrogen (secondary N) is 1. The van der Waals surface area contributed by atoms with Crippen LogP contribution >= 0.6 is 11.8 Å². The molecule has 0 bridgehead atoms. The van der Waals surface area contributed by atoms with Crippen molar-refractivity contribution in [3.05, 3.63) is 56.8 Å². The number of anilines is 1. The number of hydrogen-bond donors (Lipinski definition) is 2. The van der Waals surface area contributed by atoms with E-state index in [1.165, 1.54) is 31.2 Å². The van der Waals surface area contributed by atoms with Gasteiger partial charge < -0.3 is 9.84 Å². The third kappa shape index (κ3) is 5.50. The number of hydrogen-bond acceptors (Lipinski definition) is 9. The fraction of sp³-hybridized carbons (Fsp3) is 0.278. The Kier molecular flexibility index (Phi) is 7.88. The van der Waals surface area contributed by atoms with Crippen molar-refractivity contribution < 1.29 is 14.8 Å². The van der Waals surface area contributed by atoms with Crippen LogP contribution in [0.1, 0.15) is 22.4 Å². The molecular formula is C18H19N5O4S. The number of pyridine rings is 1. The first-order chi connectivity index (χ1) is 13.5. The second kappa shape index (κ2) is 10.4. The van der Waals surface area contributed by atoms with Gasteiger partial charge in [-0.2, -0.15) is 10.4 Å². The molecule has 0 unspecified atom stereocenters. The minimum atomic E-state index is -0.475. The Morgan fingerprint density at radius 1 is 1.50 bits per heavy atom. The van der Waals surface area contributed by atoms with Crippen LogP contribution < -0.4 is 5.43 Å². The van der Waals surface area contributed by atoms with Crippen LogP contribution in [0.15, 0.2) is 34.3 Å². The average Bonchev–Trinajstić information content (AvgIpc) is 2.67. The van der Waals surface area contributed by atoms with Crippen LogP contribution in [0, 0.1) is 28.4 Å². The number of aryl methyl sites for hydroxylation is 1. The quantitative estimate of drug-likeness (QED) is 0.283. The van der Waals surface area contributed by atoms with E-state index in [0.29, 0.717) is 33.0 Å². The van der Waals surface area contributed by atoms with Gasteiger partial charge in [0.15, 0.2) is 5.82 Å². The molecule has 0 saturated heterocycles. The molecule has 0 aliphatic carbocycles. The van der Waals surface area contributed by atoms with Gasteiger partial charge in [-0.05, 0) is 19.1 Å². The minimum Gasteiger partial charge on any atom is -0.396 e. The Balaban J connectivity index is 2.24. The number of ether oxygens (including phenoxy) is 1. The van der Waals surface area contributed by atoms with E-state index in [1.807, 2.05) is 0 Å². The molecule has 1 aromatic carbocycles. The topological polar surface area (TPSA) is 134 Å². The highest BCUT2D eigenvalue weighted by Crippen LogP contribution is 2.29. The Morgan fingerprint density at radius 3 is 2.93 bits per heavy atom.